The number of carbonyl (C=O) groups excluding carboxylic acids is 1. The van der Waals surface area contributed by atoms with Crippen LogP contribution in [0.4, 0.5) is 0 Å². The van der Waals surface area contributed by atoms with E-state index < -0.39 is 0 Å². The van der Waals surface area contributed by atoms with Crippen LogP contribution >= 0.6 is 24.2 Å². The molecule has 0 aliphatic heterocycles. The maximum atomic E-state index is 11.2. The van der Waals surface area contributed by atoms with E-state index in [1.165, 1.54) is 0 Å². The van der Waals surface area contributed by atoms with Crippen LogP contribution in [0.15, 0.2) is 6.07 Å². The molecule has 0 radical (unpaired) electrons. The maximum Gasteiger partial charge on any atom is 0.216 e. The fourth-order valence-corrected chi connectivity index (χ4v) is 1.98. The normalized spacial score (nSPS) is 10.2. The van der Waals surface area contributed by atoms with Gasteiger partial charge in [0.15, 0.2) is 0 Å². The van der Waals surface area contributed by atoms with E-state index in [0.29, 0.717) is 10.6 Å². The van der Waals surface area contributed by atoms with Gasteiger partial charge < -0.3 is 0 Å². The molecule has 1 aromatic carbocycles. The van der Waals surface area contributed by atoms with Crippen molar-refractivity contribution < 1.29 is 4.79 Å². The van der Waals surface area contributed by atoms with Gasteiger partial charge in [0.05, 0.1) is 0 Å². The van der Waals surface area contributed by atoms with E-state index in [9.17, 15) is 4.79 Å². The molecule has 0 aromatic heterocycles. The molecule has 1 rings (SSSR count). The summed E-state index contributed by atoms with van der Waals surface area (Å²) in [4.78, 5) is 11.2. The third kappa shape index (κ3) is 1.89. The van der Waals surface area contributed by atoms with Gasteiger partial charge in [-0.05, 0) is 37.5 Å². The third-order valence-corrected chi connectivity index (χ3v) is 2.90. The quantitative estimate of drug-likeness (QED) is 0.710. The number of carbonyl (C=O) groups is 1. The summed E-state index contributed by atoms with van der Waals surface area (Å²) in [6.45, 7) is 5.65. The Morgan fingerprint density at radius 1 is 1.31 bits per heavy atom. The lowest BCUT2D eigenvalue weighted by atomic mass is 10.0. The molecule has 0 saturated heterocycles. The zero-order chi connectivity index (χ0) is 10.2. The van der Waals surface area contributed by atoms with Crippen LogP contribution in [0.2, 0.25) is 5.02 Å². The molecule has 0 aliphatic rings. The highest BCUT2D eigenvalue weighted by Gasteiger charge is 2.12. The van der Waals surface area contributed by atoms with Crippen molar-refractivity contribution in [2.75, 3.05) is 0 Å². The van der Waals surface area contributed by atoms with Gasteiger partial charge in [-0.1, -0.05) is 17.7 Å². The van der Waals surface area contributed by atoms with Crippen molar-refractivity contribution >= 4 is 29.3 Å². The Hall–Kier alpha value is -0.470. The van der Waals surface area contributed by atoms with E-state index in [-0.39, 0.29) is 5.12 Å². The zero-order valence-electron chi connectivity index (χ0n) is 7.81. The molecule has 0 N–H and O–H groups in total. The van der Waals surface area contributed by atoms with Crippen LogP contribution in [-0.2, 0) is 0 Å². The van der Waals surface area contributed by atoms with Gasteiger partial charge in [-0.15, -0.1) is 12.6 Å². The summed E-state index contributed by atoms with van der Waals surface area (Å²) >= 11 is 9.82. The summed E-state index contributed by atoms with van der Waals surface area (Å²) in [5, 5.41) is 0.430. The average molecular weight is 215 g/mol. The van der Waals surface area contributed by atoms with Crippen LogP contribution in [0.3, 0.4) is 0 Å². The number of thiol groups is 1. The standard InChI is InChI=1S/C10H11ClOS/c1-5-4-6(2)9(11)7(3)8(5)10(12)13/h4H,1-3H3,(H,12,13). The van der Waals surface area contributed by atoms with Crippen molar-refractivity contribution in [3.8, 4) is 0 Å². The number of rotatable bonds is 1. The number of aryl methyl sites for hydroxylation is 2. The summed E-state index contributed by atoms with van der Waals surface area (Å²) in [5.74, 6) is 0. The van der Waals surface area contributed by atoms with E-state index >= 15 is 0 Å². The summed E-state index contributed by atoms with van der Waals surface area (Å²) in [6, 6.07) is 1.90. The highest BCUT2D eigenvalue weighted by Crippen LogP contribution is 2.27. The molecule has 0 amide bonds. The fraction of sp³-hybridized carbons (Fsp3) is 0.300. The van der Waals surface area contributed by atoms with E-state index in [1.807, 2.05) is 26.8 Å². The largest absolute Gasteiger partial charge is 0.282 e. The molecular formula is C10H11ClOS. The smallest absolute Gasteiger partial charge is 0.216 e. The lowest BCUT2D eigenvalue weighted by Gasteiger charge is -2.10. The first-order valence-electron chi connectivity index (χ1n) is 3.94. The Morgan fingerprint density at radius 3 is 2.31 bits per heavy atom. The molecule has 0 bridgehead atoms. The molecule has 3 heteroatoms. The van der Waals surface area contributed by atoms with E-state index in [1.54, 1.807) is 0 Å². The van der Waals surface area contributed by atoms with Crippen molar-refractivity contribution in [2.24, 2.45) is 0 Å². The molecule has 0 heterocycles. The predicted molar refractivity (Wildman–Crippen MR) is 59.0 cm³/mol. The molecule has 0 atom stereocenters. The number of halogens is 1. The van der Waals surface area contributed by atoms with Crippen LogP contribution in [0, 0.1) is 20.8 Å². The topological polar surface area (TPSA) is 17.1 Å². The minimum atomic E-state index is -0.225. The molecule has 1 nitrogen and oxygen atoms in total. The second-order valence-corrected chi connectivity index (χ2v) is 3.91. The maximum absolute atomic E-state index is 11.2. The lowest BCUT2D eigenvalue weighted by molar-refractivity contribution is 0.109. The number of benzene rings is 1. The van der Waals surface area contributed by atoms with Crippen LogP contribution in [0.1, 0.15) is 27.0 Å². The first-order chi connectivity index (χ1) is 5.95. The molecule has 0 aliphatic carbocycles. The van der Waals surface area contributed by atoms with E-state index in [2.05, 4.69) is 12.6 Å². The molecule has 70 valence electrons. The van der Waals surface area contributed by atoms with Crippen LogP contribution in [-0.4, -0.2) is 5.12 Å². The van der Waals surface area contributed by atoms with Gasteiger partial charge in [0.25, 0.3) is 0 Å². The predicted octanol–water partition coefficient (Wildman–Crippen LogP) is 3.34. The van der Waals surface area contributed by atoms with Crippen LogP contribution < -0.4 is 0 Å². The highest BCUT2D eigenvalue weighted by atomic mass is 35.5. The van der Waals surface area contributed by atoms with Gasteiger partial charge >= 0.3 is 0 Å². The second kappa shape index (κ2) is 3.72. The minimum Gasteiger partial charge on any atom is -0.282 e. The SMILES string of the molecule is Cc1cc(C)c(C(=O)S)c(C)c1Cl. The Kier molecular flexibility index (Phi) is 3.04. The Bertz CT molecular complexity index is 372. The summed E-state index contributed by atoms with van der Waals surface area (Å²) in [5.41, 5.74) is 3.37. The Morgan fingerprint density at radius 2 is 1.85 bits per heavy atom. The Labute approximate surface area is 88.5 Å². The number of hydrogen-bond donors (Lipinski definition) is 1. The van der Waals surface area contributed by atoms with Gasteiger partial charge in [0.1, 0.15) is 0 Å². The van der Waals surface area contributed by atoms with Gasteiger partial charge in [-0.25, -0.2) is 0 Å². The summed E-state index contributed by atoms with van der Waals surface area (Å²) in [6.07, 6.45) is 0. The van der Waals surface area contributed by atoms with Crippen molar-refractivity contribution in [3.63, 3.8) is 0 Å². The fourth-order valence-electron chi connectivity index (χ4n) is 1.49. The third-order valence-electron chi connectivity index (χ3n) is 2.09. The summed E-state index contributed by atoms with van der Waals surface area (Å²) < 4.78 is 0. The van der Waals surface area contributed by atoms with Gasteiger partial charge in [-0.3, -0.25) is 4.79 Å². The first kappa shape index (κ1) is 10.6. The van der Waals surface area contributed by atoms with Gasteiger partial charge in [-0.2, -0.15) is 0 Å². The summed E-state index contributed by atoms with van der Waals surface area (Å²) in [7, 11) is 0. The molecule has 0 spiro atoms. The monoisotopic (exact) mass is 214 g/mol. The molecule has 13 heavy (non-hydrogen) atoms. The Balaban J connectivity index is 3.53. The molecule has 1 aromatic rings. The molecule has 0 fully saturated rings. The van der Waals surface area contributed by atoms with E-state index in [4.69, 9.17) is 11.6 Å². The van der Waals surface area contributed by atoms with E-state index in [0.717, 1.165) is 16.7 Å². The number of hydrogen-bond acceptors (Lipinski definition) is 1. The second-order valence-electron chi connectivity index (χ2n) is 3.13. The molecule has 0 saturated carbocycles. The van der Waals surface area contributed by atoms with Crippen molar-refractivity contribution in [2.45, 2.75) is 20.8 Å². The van der Waals surface area contributed by atoms with Gasteiger partial charge in [0, 0.05) is 10.6 Å². The van der Waals surface area contributed by atoms with Crippen molar-refractivity contribution in [3.05, 3.63) is 33.3 Å². The van der Waals surface area contributed by atoms with Crippen molar-refractivity contribution in [1.82, 2.24) is 0 Å². The van der Waals surface area contributed by atoms with Gasteiger partial charge in [0.2, 0.25) is 5.12 Å². The molecular weight excluding hydrogens is 204 g/mol. The highest BCUT2D eigenvalue weighted by molar-refractivity contribution is 7.97. The van der Waals surface area contributed by atoms with Crippen LogP contribution in [0.25, 0.3) is 0 Å². The zero-order valence-corrected chi connectivity index (χ0v) is 9.46. The average Bonchev–Trinajstić information content (AvgIpc) is 1.99. The molecule has 0 unspecified atom stereocenters. The minimum absolute atomic E-state index is 0.225. The van der Waals surface area contributed by atoms with Crippen LogP contribution in [0.5, 0.6) is 0 Å². The lowest BCUT2D eigenvalue weighted by Crippen LogP contribution is -1.99. The first-order valence-corrected chi connectivity index (χ1v) is 4.77. The van der Waals surface area contributed by atoms with Crippen molar-refractivity contribution in [1.29, 1.82) is 0 Å².